The molecule has 0 fully saturated rings. The van der Waals surface area contributed by atoms with Crippen molar-refractivity contribution >= 4 is 16.9 Å². The van der Waals surface area contributed by atoms with E-state index in [1.54, 1.807) is 19.2 Å². The Morgan fingerprint density at radius 3 is 2.79 bits per heavy atom. The number of rotatable bonds is 6. The Morgan fingerprint density at radius 1 is 1.17 bits per heavy atom. The predicted octanol–water partition coefficient (Wildman–Crippen LogP) is 3.55. The summed E-state index contributed by atoms with van der Waals surface area (Å²) < 4.78 is 16.4. The van der Waals surface area contributed by atoms with Gasteiger partial charge in [0.1, 0.15) is 17.1 Å². The van der Waals surface area contributed by atoms with Gasteiger partial charge in [-0.05, 0) is 49.9 Å². The van der Waals surface area contributed by atoms with Crippen LogP contribution in [0.25, 0.3) is 11.0 Å². The number of carbonyl (C=O) groups is 1. The summed E-state index contributed by atoms with van der Waals surface area (Å²) in [5.74, 6) is 0.955. The molecule has 0 spiro atoms. The van der Waals surface area contributed by atoms with E-state index in [9.17, 15) is 9.59 Å². The molecule has 1 N–H and O–H groups in total. The average Bonchev–Trinajstić information content (AvgIpc) is 3.23. The van der Waals surface area contributed by atoms with Gasteiger partial charge < -0.3 is 19.2 Å². The largest absolute Gasteiger partial charge is 0.496 e. The fourth-order valence-corrected chi connectivity index (χ4v) is 3.89. The third-order valence-electron chi connectivity index (χ3n) is 5.30. The molecular formula is C23H23NO5. The number of carbonyl (C=O) groups excluding carboxylic acids is 1. The summed E-state index contributed by atoms with van der Waals surface area (Å²) in [6.45, 7) is 1.75. The number of benzene rings is 2. The maximum Gasteiger partial charge on any atom is 0.339 e. The van der Waals surface area contributed by atoms with Crippen molar-refractivity contribution in [2.45, 2.75) is 32.2 Å². The molecule has 0 bridgehead atoms. The molecule has 2 aromatic carbocycles. The first-order valence-corrected chi connectivity index (χ1v) is 9.70. The first-order valence-electron chi connectivity index (χ1n) is 9.70. The van der Waals surface area contributed by atoms with Crippen molar-refractivity contribution in [2.24, 2.45) is 0 Å². The lowest BCUT2D eigenvalue weighted by molar-refractivity contribution is -0.123. The number of amides is 1. The Bertz CT molecular complexity index is 1120. The zero-order chi connectivity index (χ0) is 20.4. The highest BCUT2D eigenvalue weighted by molar-refractivity contribution is 5.83. The van der Waals surface area contributed by atoms with Crippen LogP contribution in [0.4, 0.5) is 0 Å². The summed E-state index contributed by atoms with van der Waals surface area (Å²) in [6, 6.07) is 12.7. The lowest BCUT2D eigenvalue weighted by Crippen LogP contribution is -2.31. The Labute approximate surface area is 168 Å². The zero-order valence-corrected chi connectivity index (χ0v) is 16.5. The van der Waals surface area contributed by atoms with Crippen LogP contribution in [0.5, 0.6) is 11.5 Å². The molecule has 0 saturated heterocycles. The Hall–Kier alpha value is -3.28. The van der Waals surface area contributed by atoms with Gasteiger partial charge >= 0.3 is 5.63 Å². The van der Waals surface area contributed by atoms with Crippen molar-refractivity contribution in [2.75, 3.05) is 13.7 Å². The van der Waals surface area contributed by atoms with Crippen molar-refractivity contribution in [3.05, 3.63) is 69.6 Å². The van der Waals surface area contributed by atoms with Crippen LogP contribution in [0.1, 0.15) is 36.1 Å². The minimum atomic E-state index is -0.273. The standard InChI is InChI=1S/C23H23NO5/c1-14(16-6-3-4-9-20(16)27-2)24-22(25)13-28-15-10-11-18-17-7-5-8-19(17)23(26)29-21(18)12-15/h3-4,6,9-12,14H,5,7-8,13H2,1-2H3,(H,24,25)/t14-/m1/s1. The van der Waals surface area contributed by atoms with Crippen LogP contribution >= 0.6 is 0 Å². The molecule has 1 aromatic heterocycles. The molecule has 6 heteroatoms. The number of hydrogen-bond donors (Lipinski definition) is 1. The van der Waals surface area contributed by atoms with Crippen molar-refractivity contribution in [3.8, 4) is 11.5 Å². The van der Waals surface area contributed by atoms with Crippen LogP contribution in [0.2, 0.25) is 0 Å². The van der Waals surface area contributed by atoms with Gasteiger partial charge in [-0.15, -0.1) is 0 Å². The van der Waals surface area contributed by atoms with Crippen molar-refractivity contribution < 1.29 is 18.7 Å². The number of methoxy groups -OCH3 is 1. The fourth-order valence-electron chi connectivity index (χ4n) is 3.89. The van der Waals surface area contributed by atoms with Gasteiger partial charge in [0, 0.05) is 22.6 Å². The summed E-state index contributed by atoms with van der Waals surface area (Å²) in [4.78, 5) is 24.4. The molecule has 3 aromatic rings. The summed E-state index contributed by atoms with van der Waals surface area (Å²) in [5.41, 5.74) is 2.98. The molecule has 0 aliphatic heterocycles. The quantitative estimate of drug-likeness (QED) is 0.648. The summed E-state index contributed by atoms with van der Waals surface area (Å²) in [6.07, 6.45) is 2.64. The maximum atomic E-state index is 12.3. The molecule has 1 aliphatic carbocycles. The van der Waals surface area contributed by atoms with E-state index in [0.29, 0.717) is 11.3 Å². The van der Waals surface area contributed by atoms with Gasteiger partial charge in [-0.25, -0.2) is 4.79 Å². The van der Waals surface area contributed by atoms with E-state index in [1.165, 1.54) is 0 Å². The monoisotopic (exact) mass is 393 g/mol. The Balaban J connectivity index is 1.43. The van der Waals surface area contributed by atoms with Crippen LogP contribution in [-0.2, 0) is 17.6 Å². The van der Waals surface area contributed by atoms with Gasteiger partial charge in [0.25, 0.3) is 5.91 Å². The minimum Gasteiger partial charge on any atom is -0.496 e. The van der Waals surface area contributed by atoms with Crippen molar-refractivity contribution in [3.63, 3.8) is 0 Å². The molecule has 1 aliphatic rings. The Morgan fingerprint density at radius 2 is 1.97 bits per heavy atom. The topological polar surface area (TPSA) is 77.8 Å². The zero-order valence-electron chi connectivity index (χ0n) is 16.5. The van der Waals surface area contributed by atoms with E-state index in [2.05, 4.69) is 5.32 Å². The van der Waals surface area contributed by atoms with Crippen LogP contribution in [0.3, 0.4) is 0 Å². The minimum absolute atomic E-state index is 0.139. The third-order valence-corrected chi connectivity index (χ3v) is 5.30. The van der Waals surface area contributed by atoms with E-state index >= 15 is 0 Å². The van der Waals surface area contributed by atoms with Gasteiger partial charge in [-0.3, -0.25) is 4.79 Å². The third kappa shape index (κ3) is 3.83. The van der Waals surface area contributed by atoms with E-state index in [1.807, 2.05) is 37.3 Å². The summed E-state index contributed by atoms with van der Waals surface area (Å²) in [7, 11) is 1.60. The molecule has 6 nitrogen and oxygen atoms in total. The van der Waals surface area contributed by atoms with Crippen molar-refractivity contribution in [1.29, 1.82) is 0 Å². The smallest absolute Gasteiger partial charge is 0.339 e. The first-order chi connectivity index (χ1) is 14.1. The van der Waals surface area contributed by atoms with Gasteiger partial charge in [-0.1, -0.05) is 18.2 Å². The van der Waals surface area contributed by atoms with Crippen LogP contribution in [0, 0.1) is 0 Å². The van der Waals surface area contributed by atoms with Gasteiger partial charge in [0.15, 0.2) is 6.61 Å². The van der Waals surface area contributed by atoms with Gasteiger partial charge in [0.2, 0.25) is 0 Å². The second kappa shape index (κ2) is 7.99. The van der Waals surface area contributed by atoms with E-state index in [0.717, 1.165) is 47.1 Å². The number of hydrogen-bond acceptors (Lipinski definition) is 5. The van der Waals surface area contributed by atoms with Crippen LogP contribution in [0.15, 0.2) is 51.7 Å². The highest BCUT2D eigenvalue weighted by Gasteiger charge is 2.20. The van der Waals surface area contributed by atoms with Gasteiger partial charge in [-0.2, -0.15) is 0 Å². The second-order valence-electron chi connectivity index (χ2n) is 7.18. The van der Waals surface area contributed by atoms with Crippen molar-refractivity contribution in [1.82, 2.24) is 5.32 Å². The molecule has 1 atom stereocenters. The molecule has 1 amide bonds. The lowest BCUT2D eigenvalue weighted by Gasteiger charge is -2.17. The molecule has 0 radical (unpaired) electrons. The normalized spacial score (nSPS) is 13.7. The molecule has 1 heterocycles. The van der Waals surface area contributed by atoms with E-state index in [4.69, 9.17) is 13.9 Å². The highest BCUT2D eigenvalue weighted by Crippen LogP contribution is 2.29. The predicted molar refractivity (Wildman–Crippen MR) is 110 cm³/mol. The lowest BCUT2D eigenvalue weighted by atomic mass is 10.1. The number of para-hydroxylation sites is 1. The van der Waals surface area contributed by atoms with Crippen LogP contribution < -0.4 is 20.4 Å². The molecule has 29 heavy (non-hydrogen) atoms. The number of nitrogens with one attached hydrogen (secondary N) is 1. The second-order valence-corrected chi connectivity index (χ2v) is 7.18. The summed E-state index contributed by atoms with van der Waals surface area (Å²) in [5, 5.41) is 3.85. The van der Waals surface area contributed by atoms with E-state index in [-0.39, 0.29) is 24.2 Å². The maximum absolute atomic E-state index is 12.3. The highest BCUT2D eigenvalue weighted by atomic mass is 16.5. The first kappa shape index (κ1) is 19.1. The number of fused-ring (bicyclic) bond motifs is 3. The average molecular weight is 393 g/mol. The summed E-state index contributed by atoms with van der Waals surface area (Å²) >= 11 is 0. The molecule has 0 saturated carbocycles. The fraction of sp³-hybridized carbons (Fsp3) is 0.304. The molecule has 0 unspecified atom stereocenters. The number of aryl methyl sites for hydroxylation is 1. The number of ether oxygens (including phenoxy) is 2. The molecule has 150 valence electrons. The SMILES string of the molecule is COc1ccccc1[C@@H](C)NC(=O)COc1ccc2c3c(c(=O)oc2c1)CCC3. The molecule has 4 rings (SSSR count). The van der Waals surface area contributed by atoms with E-state index < -0.39 is 0 Å². The van der Waals surface area contributed by atoms with Crippen LogP contribution in [-0.4, -0.2) is 19.6 Å². The van der Waals surface area contributed by atoms with Gasteiger partial charge in [0.05, 0.1) is 13.2 Å². The Kier molecular flexibility index (Phi) is 5.25. The molecular weight excluding hydrogens is 370 g/mol.